The van der Waals surface area contributed by atoms with Crippen LogP contribution in [0.15, 0.2) is 267 Å². The molecule has 0 spiro atoms. The number of aromatic nitrogens is 2. The first-order valence-corrected chi connectivity index (χ1v) is 25.3. The molecule has 11 aromatic carbocycles. The van der Waals surface area contributed by atoms with Gasteiger partial charge in [0.25, 0.3) is 0 Å². The molecule has 0 aliphatic carbocycles. The van der Waals surface area contributed by atoms with Crippen LogP contribution >= 0.6 is 0 Å². The molecule has 0 unspecified atom stereocenters. The summed E-state index contributed by atoms with van der Waals surface area (Å²) >= 11 is 0. The van der Waals surface area contributed by atoms with Gasteiger partial charge in [-0.25, -0.2) is 0 Å². The van der Waals surface area contributed by atoms with E-state index in [0.29, 0.717) is 0 Å². The molecule has 0 aliphatic rings. The Kier molecular flexibility index (Phi) is 11.3. The van der Waals surface area contributed by atoms with Crippen molar-refractivity contribution in [1.82, 2.24) is 9.97 Å². The minimum absolute atomic E-state index is 0.921. The molecular formula is C70H50N4. The lowest BCUT2D eigenvalue weighted by Crippen LogP contribution is -2.10. The molecule has 0 aliphatic heterocycles. The monoisotopic (exact) mass is 946 g/mol. The van der Waals surface area contributed by atoms with Crippen molar-refractivity contribution in [2.24, 2.45) is 0 Å². The van der Waals surface area contributed by atoms with E-state index < -0.39 is 0 Å². The molecule has 4 heteroatoms. The minimum Gasteiger partial charge on any atom is -0.310 e. The van der Waals surface area contributed by atoms with Crippen molar-refractivity contribution in [1.29, 1.82) is 0 Å². The first-order valence-electron chi connectivity index (χ1n) is 25.3. The normalized spacial score (nSPS) is 11.4. The van der Waals surface area contributed by atoms with Crippen LogP contribution in [-0.2, 0) is 0 Å². The van der Waals surface area contributed by atoms with E-state index in [-0.39, 0.29) is 0 Å². The van der Waals surface area contributed by atoms with Crippen LogP contribution in [0.2, 0.25) is 0 Å². The van der Waals surface area contributed by atoms with Crippen molar-refractivity contribution in [3.63, 3.8) is 0 Å². The maximum absolute atomic E-state index is 5.16. The van der Waals surface area contributed by atoms with E-state index >= 15 is 0 Å². The summed E-state index contributed by atoms with van der Waals surface area (Å²) in [5, 5.41) is 6.95. The van der Waals surface area contributed by atoms with Gasteiger partial charge >= 0.3 is 0 Å². The minimum atomic E-state index is 0.921. The molecule has 0 atom stereocenters. The van der Waals surface area contributed by atoms with Gasteiger partial charge in [-0.2, -0.15) is 0 Å². The number of anilines is 6. The lowest BCUT2D eigenvalue weighted by atomic mass is 9.93. The van der Waals surface area contributed by atoms with Gasteiger partial charge in [-0.3, -0.25) is 9.97 Å². The summed E-state index contributed by atoms with van der Waals surface area (Å²) < 4.78 is 0. The van der Waals surface area contributed by atoms with Crippen LogP contribution in [0.4, 0.5) is 34.1 Å². The lowest BCUT2D eigenvalue weighted by Gasteiger charge is -2.28. The maximum atomic E-state index is 5.16. The molecule has 2 aromatic heterocycles. The zero-order valence-corrected chi connectivity index (χ0v) is 41.2. The van der Waals surface area contributed by atoms with Gasteiger partial charge in [0.15, 0.2) is 0 Å². The number of fused-ring (bicyclic) bond motifs is 5. The highest BCUT2D eigenvalue weighted by Crippen LogP contribution is 2.44. The van der Waals surface area contributed by atoms with Gasteiger partial charge in [0.1, 0.15) is 0 Å². The second-order valence-corrected chi connectivity index (χ2v) is 19.1. The molecule has 350 valence electrons. The van der Waals surface area contributed by atoms with Crippen LogP contribution in [0, 0.1) is 13.8 Å². The number of rotatable bonds is 10. The quantitative estimate of drug-likeness (QED) is 0.128. The Hall–Kier alpha value is -9.64. The Balaban J connectivity index is 0.876. The maximum Gasteiger partial charge on any atom is 0.0974 e. The molecule has 0 saturated carbocycles. The Morgan fingerprint density at radius 3 is 1.28 bits per heavy atom. The summed E-state index contributed by atoms with van der Waals surface area (Å²) in [6.07, 6.45) is 0. The van der Waals surface area contributed by atoms with Crippen molar-refractivity contribution in [3.8, 4) is 44.5 Å². The van der Waals surface area contributed by atoms with E-state index in [1.807, 2.05) is 0 Å². The van der Waals surface area contributed by atoms with Gasteiger partial charge in [0, 0.05) is 55.7 Å². The highest BCUT2D eigenvalue weighted by atomic mass is 15.1. The molecule has 0 saturated heterocycles. The van der Waals surface area contributed by atoms with Gasteiger partial charge in [0.2, 0.25) is 0 Å². The summed E-state index contributed by atoms with van der Waals surface area (Å²) in [6, 6.07) is 96.3. The first kappa shape index (κ1) is 44.3. The highest BCUT2D eigenvalue weighted by molar-refractivity contribution is 6.12. The van der Waals surface area contributed by atoms with E-state index in [4.69, 9.17) is 9.97 Å². The Bertz CT molecular complexity index is 4190. The average Bonchev–Trinajstić information content (AvgIpc) is 3.46. The second-order valence-electron chi connectivity index (χ2n) is 19.1. The van der Waals surface area contributed by atoms with Crippen molar-refractivity contribution in [3.05, 3.63) is 278 Å². The van der Waals surface area contributed by atoms with E-state index in [9.17, 15) is 0 Å². The number of aryl methyl sites for hydroxylation is 2. The van der Waals surface area contributed by atoms with E-state index in [1.165, 1.54) is 32.7 Å². The van der Waals surface area contributed by atoms with Crippen LogP contribution in [0.25, 0.3) is 87.9 Å². The number of para-hydroxylation sites is 2. The summed E-state index contributed by atoms with van der Waals surface area (Å²) in [5.41, 5.74) is 19.6. The topological polar surface area (TPSA) is 32.3 Å². The number of hydrogen-bond acceptors (Lipinski definition) is 4. The van der Waals surface area contributed by atoms with Crippen LogP contribution in [0.5, 0.6) is 0 Å². The molecule has 2 heterocycles. The predicted octanol–water partition coefficient (Wildman–Crippen LogP) is 19.3. The SMILES string of the molecule is Cc1cc(-c2ccccc2)c2ccc3c(-c4cccc(-c5cc(N(c6ccccc6)c6ccc(-c7ccc(N(c8ccccc8)c8cccc9ccccc89)cc7)cc6)c6ccccc6c5)c4)cc(C)nc3c2n1. The van der Waals surface area contributed by atoms with Gasteiger partial charge in [0.05, 0.1) is 22.4 Å². The third kappa shape index (κ3) is 8.19. The lowest BCUT2D eigenvalue weighted by molar-refractivity contribution is 1.23. The number of benzene rings is 11. The van der Waals surface area contributed by atoms with Crippen molar-refractivity contribution < 1.29 is 0 Å². The molecule has 0 bridgehead atoms. The molecule has 0 fully saturated rings. The van der Waals surface area contributed by atoms with Gasteiger partial charge in [-0.15, -0.1) is 0 Å². The van der Waals surface area contributed by atoms with Gasteiger partial charge in [-0.05, 0) is 154 Å². The van der Waals surface area contributed by atoms with Crippen LogP contribution in [0.3, 0.4) is 0 Å². The molecule has 0 radical (unpaired) electrons. The summed E-state index contributed by atoms with van der Waals surface area (Å²) in [5.74, 6) is 0. The smallest absolute Gasteiger partial charge is 0.0974 e. The Labute approximate surface area is 431 Å². The largest absolute Gasteiger partial charge is 0.310 e. The van der Waals surface area contributed by atoms with Crippen LogP contribution in [0.1, 0.15) is 11.4 Å². The molecular weight excluding hydrogens is 897 g/mol. The fraction of sp³-hybridized carbons (Fsp3) is 0.0286. The van der Waals surface area contributed by atoms with Crippen molar-refractivity contribution in [2.75, 3.05) is 9.80 Å². The summed E-state index contributed by atoms with van der Waals surface area (Å²) in [7, 11) is 0. The first-order chi connectivity index (χ1) is 36.5. The van der Waals surface area contributed by atoms with Crippen molar-refractivity contribution >= 4 is 77.5 Å². The fourth-order valence-electron chi connectivity index (χ4n) is 10.9. The molecule has 0 N–H and O–H groups in total. The van der Waals surface area contributed by atoms with Crippen LogP contribution in [-0.4, -0.2) is 9.97 Å². The summed E-state index contributed by atoms with van der Waals surface area (Å²) in [4.78, 5) is 15.0. The highest BCUT2D eigenvalue weighted by Gasteiger charge is 2.20. The third-order valence-corrected chi connectivity index (χ3v) is 14.3. The predicted molar refractivity (Wildman–Crippen MR) is 313 cm³/mol. The van der Waals surface area contributed by atoms with Gasteiger partial charge < -0.3 is 9.80 Å². The molecule has 4 nitrogen and oxygen atoms in total. The molecule has 74 heavy (non-hydrogen) atoms. The standard InChI is InChI=1S/C70H50N4/c1-47-42-65(52-18-6-3-7-19-52)63-40-41-64-66(43-48(2)72-70(64)69(63)71-47)55-24-16-23-53(44-55)56-45-54-21-13-15-30-62(54)68(46-56)74(58-27-10-5-11-28-58)60-38-34-50(35-39-60)49-32-36-59(37-33-49)73(57-25-8-4-9-26-57)67-31-17-22-51-20-12-14-29-61(51)67/h3-46H,1-2H3. The number of hydrogen-bond donors (Lipinski definition) is 0. The fourth-order valence-corrected chi connectivity index (χ4v) is 10.9. The Morgan fingerprint density at radius 2 is 0.689 bits per heavy atom. The molecule has 13 rings (SSSR count). The Morgan fingerprint density at radius 1 is 0.257 bits per heavy atom. The zero-order chi connectivity index (χ0) is 49.5. The number of nitrogens with zero attached hydrogens (tertiary/aromatic N) is 4. The van der Waals surface area contributed by atoms with Crippen molar-refractivity contribution in [2.45, 2.75) is 13.8 Å². The molecule has 13 aromatic rings. The van der Waals surface area contributed by atoms with Gasteiger partial charge in [-0.1, -0.05) is 182 Å². The van der Waals surface area contributed by atoms with E-state index in [2.05, 4.69) is 291 Å². The van der Waals surface area contributed by atoms with E-state index in [1.54, 1.807) is 0 Å². The summed E-state index contributed by atoms with van der Waals surface area (Å²) in [6.45, 7) is 4.16. The second kappa shape index (κ2) is 18.8. The average molecular weight is 947 g/mol. The zero-order valence-electron chi connectivity index (χ0n) is 41.2. The molecule has 0 amide bonds. The number of pyridine rings is 2. The third-order valence-electron chi connectivity index (χ3n) is 14.3. The van der Waals surface area contributed by atoms with Crippen LogP contribution < -0.4 is 9.80 Å². The van der Waals surface area contributed by atoms with E-state index in [0.717, 1.165) is 101 Å².